The Morgan fingerprint density at radius 2 is 1.85 bits per heavy atom. The summed E-state index contributed by atoms with van der Waals surface area (Å²) in [7, 11) is 0. The van der Waals surface area contributed by atoms with E-state index < -0.39 is 0 Å². The second kappa shape index (κ2) is 9.82. The lowest BCUT2D eigenvalue weighted by molar-refractivity contribution is -0.121. The van der Waals surface area contributed by atoms with Crippen LogP contribution >= 0.6 is 11.8 Å². The summed E-state index contributed by atoms with van der Waals surface area (Å²) < 4.78 is 0. The molecule has 1 aliphatic carbocycles. The van der Waals surface area contributed by atoms with Gasteiger partial charge < -0.3 is 5.32 Å². The number of hydrogen-bond acceptors (Lipinski definition) is 2. The highest BCUT2D eigenvalue weighted by Crippen LogP contribution is 2.26. The number of fused-ring (bicyclic) bond motifs is 1. The molecule has 0 saturated heterocycles. The van der Waals surface area contributed by atoms with Crippen LogP contribution in [0.3, 0.4) is 0 Å². The van der Waals surface area contributed by atoms with Gasteiger partial charge >= 0.3 is 0 Å². The van der Waals surface area contributed by atoms with E-state index in [2.05, 4.69) is 54.7 Å². The smallest absolute Gasteiger partial charge is 0.221 e. The predicted molar refractivity (Wildman–Crippen MR) is 111 cm³/mol. The summed E-state index contributed by atoms with van der Waals surface area (Å²) in [4.78, 5) is 12.4. The van der Waals surface area contributed by atoms with Gasteiger partial charge in [-0.3, -0.25) is 4.79 Å². The Morgan fingerprint density at radius 3 is 2.62 bits per heavy atom. The van der Waals surface area contributed by atoms with Crippen LogP contribution in [0.5, 0.6) is 0 Å². The molecule has 1 aliphatic rings. The van der Waals surface area contributed by atoms with Gasteiger partial charge in [0.25, 0.3) is 0 Å². The summed E-state index contributed by atoms with van der Waals surface area (Å²) in [5, 5.41) is 3.24. The summed E-state index contributed by atoms with van der Waals surface area (Å²) in [6.45, 7) is 2.15. The highest BCUT2D eigenvalue weighted by molar-refractivity contribution is 7.98. The van der Waals surface area contributed by atoms with Crippen molar-refractivity contribution < 1.29 is 4.79 Å². The lowest BCUT2D eigenvalue weighted by atomic mass is 9.89. The third kappa shape index (κ3) is 5.38. The average molecular weight is 368 g/mol. The van der Waals surface area contributed by atoms with E-state index in [0.717, 1.165) is 17.9 Å². The molecule has 0 spiro atoms. The second-order valence-electron chi connectivity index (χ2n) is 7.05. The van der Waals surface area contributed by atoms with Gasteiger partial charge in [-0.25, -0.2) is 0 Å². The Labute approximate surface area is 161 Å². The summed E-state index contributed by atoms with van der Waals surface area (Å²) in [6, 6.07) is 17.4. The normalized spacial score (nSPS) is 14.5. The maximum Gasteiger partial charge on any atom is 0.221 e. The zero-order chi connectivity index (χ0) is 18.2. The molecule has 1 atom stereocenters. The quantitative estimate of drug-likeness (QED) is 0.628. The molecule has 0 bridgehead atoms. The fraction of sp³-hybridized carbons (Fsp3) is 0.435. The number of rotatable bonds is 8. The molecule has 0 heterocycles. The number of hydrogen-bond donors (Lipinski definition) is 1. The minimum atomic E-state index is 0.133. The molecule has 26 heavy (non-hydrogen) atoms. The largest absolute Gasteiger partial charge is 0.349 e. The van der Waals surface area contributed by atoms with Crippen LogP contribution in [-0.2, 0) is 23.4 Å². The number of amides is 1. The van der Waals surface area contributed by atoms with E-state index in [0.29, 0.717) is 6.42 Å². The first kappa shape index (κ1) is 19.0. The van der Waals surface area contributed by atoms with Gasteiger partial charge in [0, 0.05) is 17.9 Å². The van der Waals surface area contributed by atoms with Crippen LogP contribution in [0.25, 0.3) is 0 Å². The molecule has 1 N–H and O–H groups in total. The summed E-state index contributed by atoms with van der Waals surface area (Å²) >= 11 is 1.82. The minimum absolute atomic E-state index is 0.133. The van der Waals surface area contributed by atoms with Crippen molar-refractivity contribution in [2.24, 2.45) is 0 Å². The van der Waals surface area contributed by atoms with Crippen LogP contribution in [0.15, 0.2) is 48.5 Å². The number of thioether (sulfide) groups is 1. The first-order valence-corrected chi connectivity index (χ1v) is 10.9. The zero-order valence-electron chi connectivity index (χ0n) is 15.7. The number of benzene rings is 2. The number of carbonyl (C=O) groups excluding carboxylic acids is 1. The predicted octanol–water partition coefficient (Wildman–Crippen LogP) is 5.46. The maximum atomic E-state index is 12.4. The molecule has 1 amide bonds. The Balaban J connectivity index is 1.47. The third-order valence-corrected chi connectivity index (χ3v) is 6.13. The SMILES string of the molecule is CCC(NC(=O)CCSCc1ccccc1)c1ccc2c(c1)CCCC2. The van der Waals surface area contributed by atoms with Gasteiger partial charge in [-0.15, -0.1) is 0 Å². The van der Waals surface area contributed by atoms with Gasteiger partial charge in [-0.1, -0.05) is 55.5 Å². The summed E-state index contributed by atoms with van der Waals surface area (Å²) in [6.07, 6.45) is 6.50. The van der Waals surface area contributed by atoms with Crippen LogP contribution in [0.1, 0.15) is 60.9 Å². The fourth-order valence-corrected chi connectivity index (χ4v) is 4.49. The molecular formula is C23H29NOS. The van der Waals surface area contributed by atoms with Crippen LogP contribution in [-0.4, -0.2) is 11.7 Å². The first-order valence-electron chi connectivity index (χ1n) is 9.79. The van der Waals surface area contributed by atoms with Gasteiger partial charge in [0.2, 0.25) is 5.91 Å². The van der Waals surface area contributed by atoms with Gasteiger partial charge in [0.05, 0.1) is 6.04 Å². The molecular weight excluding hydrogens is 338 g/mol. The van der Waals surface area contributed by atoms with Crippen LogP contribution in [0, 0.1) is 0 Å². The first-order chi connectivity index (χ1) is 12.8. The number of carbonyl (C=O) groups is 1. The van der Waals surface area contributed by atoms with E-state index in [1.807, 2.05) is 17.8 Å². The van der Waals surface area contributed by atoms with Crippen LogP contribution < -0.4 is 5.32 Å². The van der Waals surface area contributed by atoms with Crippen molar-refractivity contribution in [3.8, 4) is 0 Å². The number of nitrogens with one attached hydrogen (secondary N) is 1. The Morgan fingerprint density at radius 1 is 1.08 bits per heavy atom. The monoisotopic (exact) mass is 367 g/mol. The zero-order valence-corrected chi connectivity index (χ0v) is 16.5. The minimum Gasteiger partial charge on any atom is -0.349 e. The molecule has 3 heteroatoms. The molecule has 138 valence electrons. The molecule has 0 aromatic heterocycles. The number of aryl methyl sites for hydroxylation is 2. The van der Waals surface area contributed by atoms with Crippen molar-refractivity contribution >= 4 is 17.7 Å². The van der Waals surface area contributed by atoms with Crippen LogP contribution in [0.4, 0.5) is 0 Å². The van der Waals surface area contributed by atoms with E-state index >= 15 is 0 Å². The summed E-state index contributed by atoms with van der Waals surface area (Å²) in [5.41, 5.74) is 5.56. The van der Waals surface area contributed by atoms with E-state index in [4.69, 9.17) is 0 Å². The van der Waals surface area contributed by atoms with Crippen molar-refractivity contribution in [1.29, 1.82) is 0 Å². The molecule has 0 saturated carbocycles. The average Bonchev–Trinajstić information content (AvgIpc) is 2.70. The fourth-order valence-electron chi connectivity index (χ4n) is 3.59. The van der Waals surface area contributed by atoms with E-state index in [-0.39, 0.29) is 11.9 Å². The molecule has 2 aromatic rings. The van der Waals surface area contributed by atoms with E-state index in [1.54, 1.807) is 0 Å². The van der Waals surface area contributed by atoms with Crippen molar-refractivity contribution in [1.82, 2.24) is 5.32 Å². The van der Waals surface area contributed by atoms with Crippen molar-refractivity contribution in [3.63, 3.8) is 0 Å². The van der Waals surface area contributed by atoms with Gasteiger partial charge in [0.15, 0.2) is 0 Å². The molecule has 0 radical (unpaired) electrons. The standard InChI is InChI=1S/C23H29NOS/c1-2-22(21-13-12-19-10-6-7-11-20(19)16-21)24-23(25)14-15-26-17-18-8-4-3-5-9-18/h3-5,8-9,12-13,16,22H,2,6-7,10-11,14-15,17H2,1H3,(H,24,25). The van der Waals surface area contributed by atoms with Gasteiger partial charge in [0.1, 0.15) is 0 Å². The molecule has 0 fully saturated rings. The van der Waals surface area contributed by atoms with Crippen LogP contribution in [0.2, 0.25) is 0 Å². The topological polar surface area (TPSA) is 29.1 Å². The van der Waals surface area contributed by atoms with E-state index in [9.17, 15) is 4.79 Å². The van der Waals surface area contributed by atoms with Gasteiger partial charge in [-0.05, 0) is 54.4 Å². The highest BCUT2D eigenvalue weighted by atomic mass is 32.2. The Hall–Kier alpha value is -1.74. The molecule has 2 aromatic carbocycles. The highest BCUT2D eigenvalue weighted by Gasteiger charge is 2.16. The lowest BCUT2D eigenvalue weighted by Crippen LogP contribution is -2.28. The Kier molecular flexibility index (Phi) is 7.19. The Bertz CT molecular complexity index is 713. The molecule has 1 unspecified atom stereocenters. The third-order valence-electron chi connectivity index (χ3n) is 5.10. The maximum absolute atomic E-state index is 12.4. The van der Waals surface area contributed by atoms with Crippen molar-refractivity contribution in [3.05, 3.63) is 70.8 Å². The van der Waals surface area contributed by atoms with Crippen molar-refractivity contribution in [2.75, 3.05) is 5.75 Å². The van der Waals surface area contributed by atoms with Crippen molar-refractivity contribution in [2.45, 2.75) is 57.2 Å². The lowest BCUT2D eigenvalue weighted by Gasteiger charge is -2.21. The molecule has 3 rings (SSSR count). The molecule has 2 nitrogen and oxygen atoms in total. The molecule has 0 aliphatic heterocycles. The van der Waals surface area contributed by atoms with E-state index in [1.165, 1.54) is 47.9 Å². The summed E-state index contributed by atoms with van der Waals surface area (Å²) in [5.74, 6) is 1.99. The van der Waals surface area contributed by atoms with Gasteiger partial charge in [-0.2, -0.15) is 11.8 Å². The second-order valence-corrected chi connectivity index (χ2v) is 8.16.